The first-order valence-corrected chi connectivity index (χ1v) is 16.2. The van der Waals surface area contributed by atoms with E-state index < -0.39 is 0 Å². The van der Waals surface area contributed by atoms with E-state index in [4.69, 9.17) is 42.6 Å². The number of aromatic nitrogens is 5. The first kappa shape index (κ1) is 33.2. The molecule has 0 radical (unpaired) electrons. The molecule has 3 aromatic heterocycles. The molecule has 1 atom stereocenters. The van der Waals surface area contributed by atoms with Gasteiger partial charge in [0.1, 0.15) is 11.4 Å². The van der Waals surface area contributed by atoms with E-state index in [-0.39, 0.29) is 11.9 Å². The highest BCUT2D eigenvalue weighted by molar-refractivity contribution is 6.39. The summed E-state index contributed by atoms with van der Waals surface area (Å²) < 4.78 is 11.2. The van der Waals surface area contributed by atoms with Gasteiger partial charge in [0.15, 0.2) is 0 Å². The first-order chi connectivity index (χ1) is 23.4. The second-order valence-corrected chi connectivity index (χ2v) is 11.9. The smallest absolute Gasteiger partial charge is 0.237 e. The van der Waals surface area contributed by atoms with Crippen molar-refractivity contribution < 1.29 is 14.3 Å². The number of halogens is 2. The van der Waals surface area contributed by atoms with Gasteiger partial charge in [-0.1, -0.05) is 65.7 Å². The zero-order valence-corrected chi connectivity index (χ0v) is 28.0. The van der Waals surface area contributed by atoms with Gasteiger partial charge in [-0.2, -0.15) is 0 Å². The third-order valence-corrected chi connectivity index (χ3v) is 8.78. The van der Waals surface area contributed by atoms with Crippen molar-refractivity contribution in [3.8, 4) is 45.4 Å². The Morgan fingerprint density at radius 1 is 0.771 bits per heavy atom. The number of pyridine rings is 1. The molecule has 48 heavy (non-hydrogen) atoms. The average Bonchev–Trinajstić information content (AvgIpc) is 3.54. The number of nitrogens with one attached hydrogen (secondary N) is 3. The van der Waals surface area contributed by atoms with Crippen LogP contribution in [0.25, 0.3) is 33.6 Å². The molecule has 1 unspecified atom stereocenters. The SMILES string of the molecule is COc1nc(-c2cccc(-c3cccc(-c4cnc(CNCC5CCC(=O)N5)c(OC)n4)c3Cl)c2Cl)cnc1CNCc1cccnc1. The lowest BCUT2D eigenvalue weighted by atomic mass is 9.98. The fraction of sp³-hybridized carbons (Fsp3) is 0.257. The Hall–Kier alpha value is -4.68. The molecule has 1 fully saturated rings. The zero-order valence-electron chi connectivity index (χ0n) is 26.5. The Morgan fingerprint density at radius 3 is 1.88 bits per heavy atom. The quantitative estimate of drug-likeness (QED) is 0.143. The summed E-state index contributed by atoms with van der Waals surface area (Å²) >= 11 is 14.1. The van der Waals surface area contributed by atoms with Gasteiger partial charge in [0.2, 0.25) is 17.7 Å². The minimum absolute atomic E-state index is 0.0834. The minimum Gasteiger partial charge on any atom is -0.480 e. The molecule has 0 saturated carbocycles. The number of carbonyl (C=O) groups is 1. The number of hydrogen-bond donors (Lipinski definition) is 3. The molecular formula is C35H34Cl2N8O3. The van der Waals surface area contributed by atoms with Crippen molar-refractivity contribution in [2.45, 2.75) is 38.5 Å². The Bertz CT molecular complexity index is 1910. The number of carbonyl (C=O) groups excluding carboxylic acids is 1. The van der Waals surface area contributed by atoms with Gasteiger partial charge in [-0.25, -0.2) is 9.97 Å². The van der Waals surface area contributed by atoms with Gasteiger partial charge in [0.25, 0.3) is 0 Å². The highest BCUT2D eigenvalue weighted by Crippen LogP contribution is 2.42. The fourth-order valence-electron chi connectivity index (χ4n) is 5.52. The topological polar surface area (TPSA) is 136 Å². The molecule has 4 heterocycles. The number of amides is 1. The lowest BCUT2D eigenvalue weighted by molar-refractivity contribution is -0.119. The molecular weight excluding hydrogens is 651 g/mol. The van der Waals surface area contributed by atoms with Crippen LogP contribution in [0.1, 0.15) is 29.8 Å². The number of ether oxygens (including phenoxy) is 2. The Morgan fingerprint density at radius 2 is 1.35 bits per heavy atom. The van der Waals surface area contributed by atoms with E-state index >= 15 is 0 Å². The summed E-state index contributed by atoms with van der Waals surface area (Å²) in [4.78, 5) is 34.3. The number of methoxy groups -OCH3 is 2. The highest BCUT2D eigenvalue weighted by Gasteiger charge is 2.21. The molecule has 1 saturated heterocycles. The predicted molar refractivity (Wildman–Crippen MR) is 185 cm³/mol. The van der Waals surface area contributed by atoms with E-state index in [1.54, 1.807) is 32.8 Å². The van der Waals surface area contributed by atoms with Crippen molar-refractivity contribution in [3.05, 3.63) is 100 Å². The van der Waals surface area contributed by atoms with E-state index in [0.29, 0.717) is 88.3 Å². The van der Waals surface area contributed by atoms with Gasteiger partial charge in [0.05, 0.1) is 48.0 Å². The van der Waals surface area contributed by atoms with Gasteiger partial charge in [-0.3, -0.25) is 19.7 Å². The molecule has 3 N–H and O–H groups in total. The second-order valence-electron chi connectivity index (χ2n) is 11.2. The summed E-state index contributed by atoms with van der Waals surface area (Å²) in [6.45, 7) is 2.18. The van der Waals surface area contributed by atoms with E-state index in [0.717, 1.165) is 23.1 Å². The Balaban J connectivity index is 1.21. The monoisotopic (exact) mass is 684 g/mol. The summed E-state index contributed by atoms with van der Waals surface area (Å²) in [5.41, 5.74) is 6.33. The molecule has 0 aliphatic carbocycles. The maximum absolute atomic E-state index is 11.5. The van der Waals surface area contributed by atoms with E-state index in [9.17, 15) is 4.79 Å². The number of rotatable bonds is 13. The lowest BCUT2D eigenvalue weighted by Gasteiger charge is -2.15. The van der Waals surface area contributed by atoms with Gasteiger partial charge >= 0.3 is 0 Å². The highest BCUT2D eigenvalue weighted by atomic mass is 35.5. The molecule has 246 valence electrons. The molecule has 1 aliphatic rings. The van der Waals surface area contributed by atoms with Gasteiger partial charge < -0.3 is 25.4 Å². The zero-order chi connectivity index (χ0) is 33.5. The van der Waals surface area contributed by atoms with Crippen LogP contribution < -0.4 is 25.4 Å². The molecule has 13 heteroatoms. The van der Waals surface area contributed by atoms with Crippen LogP contribution in [0.15, 0.2) is 73.3 Å². The second kappa shape index (κ2) is 15.5. The van der Waals surface area contributed by atoms with Crippen molar-refractivity contribution in [2.24, 2.45) is 0 Å². The average molecular weight is 686 g/mol. The molecule has 5 aromatic rings. The van der Waals surface area contributed by atoms with Crippen molar-refractivity contribution in [1.29, 1.82) is 0 Å². The third kappa shape index (κ3) is 7.55. The van der Waals surface area contributed by atoms with Crippen molar-refractivity contribution in [1.82, 2.24) is 40.9 Å². The molecule has 11 nitrogen and oxygen atoms in total. The summed E-state index contributed by atoms with van der Waals surface area (Å²) in [6.07, 6.45) is 8.30. The van der Waals surface area contributed by atoms with Crippen molar-refractivity contribution in [2.75, 3.05) is 20.8 Å². The molecule has 0 bridgehead atoms. The van der Waals surface area contributed by atoms with Crippen molar-refractivity contribution >= 4 is 29.1 Å². The van der Waals surface area contributed by atoms with Crippen molar-refractivity contribution in [3.63, 3.8) is 0 Å². The normalized spacial score (nSPS) is 14.2. The minimum atomic E-state index is 0.0834. The van der Waals surface area contributed by atoms with Crippen LogP contribution in [0.3, 0.4) is 0 Å². The number of hydrogen-bond acceptors (Lipinski definition) is 10. The Kier molecular flexibility index (Phi) is 10.7. The van der Waals surface area contributed by atoms with Crippen LogP contribution in [-0.2, 0) is 24.4 Å². The largest absolute Gasteiger partial charge is 0.480 e. The lowest BCUT2D eigenvalue weighted by Crippen LogP contribution is -2.35. The fourth-order valence-corrected chi connectivity index (χ4v) is 6.17. The van der Waals surface area contributed by atoms with Crippen LogP contribution >= 0.6 is 23.2 Å². The van der Waals surface area contributed by atoms with E-state index in [2.05, 4.69) is 30.9 Å². The molecule has 1 aliphatic heterocycles. The summed E-state index contributed by atoms with van der Waals surface area (Å²) in [5.74, 6) is 0.879. The Labute approximate surface area is 288 Å². The molecule has 0 spiro atoms. The van der Waals surface area contributed by atoms with Gasteiger partial charge in [0, 0.05) is 73.3 Å². The van der Waals surface area contributed by atoms with E-state index in [1.165, 1.54) is 0 Å². The predicted octanol–water partition coefficient (Wildman–Crippen LogP) is 5.64. The summed E-state index contributed by atoms with van der Waals surface area (Å²) in [6, 6.07) is 15.4. The van der Waals surface area contributed by atoms with Crippen LogP contribution in [0, 0.1) is 0 Å². The molecule has 2 aromatic carbocycles. The standard InChI is InChI=1S/C35H34Cl2N8O3/c1-47-34-29(17-39-15-21-6-5-13-38-14-21)41-19-27(44-34)25-9-3-7-23(32(25)36)24-8-4-10-26(33(24)37)28-20-42-30(35(45-28)48-2)18-40-16-22-11-12-31(46)43-22/h3-10,13-14,19-20,22,39-40H,11-12,15-18H2,1-2H3,(H,43,46). The van der Waals surface area contributed by atoms with E-state index in [1.807, 2.05) is 54.7 Å². The van der Waals surface area contributed by atoms with Gasteiger partial charge in [-0.05, 0) is 18.1 Å². The number of nitrogens with zero attached hydrogens (tertiary/aromatic N) is 5. The maximum Gasteiger partial charge on any atom is 0.237 e. The first-order valence-electron chi connectivity index (χ1n) is 15.4. The summed E-state index contributed by atoms with van der Waals surface area (Å²) in [5, 5.41) is 10.6. The molecule has 1 amide bonds. The van der Waals surface area contributed by atoms with Crippen LogP contribution in [0.4, 0.5) is 0 Å². The number of benzene rings is 2. The van der Waals surface area contributed by atoms with Gasteiger partial charge in [-0.15, -0.1) is 0 Å². The van der Waals surface area contributed by atoms with Crippen LogP contribution in [-0.4, -0.2) is 57.6 Å². The summed E-state index contributed by atoms with van der Waals surface area (Å²) in [7, 11) is 3.13. The third-order valence-electron chi connectivity index (χ3n) is 7.96. The van der Waals surface area contributed by atoms with Crippen LogP contribution in [0.5, 0.6) is 11.8 Å². The maximum atomic E-state index is 11.5. The molecule has 6 rings (SSSR count). The van der Waals surface area contributed by atoms with Crippen LogP contribution in [0.2, 0.25) is 10.0 Å².